The number of phenols is 1. The highest BCUT2D eigenvalue weighted by Crippen LogP contribution is 2.21. The lowest BCUT2D eigenvalue weighted by molar-refractivity contribution is -0.137. The van der Waals surface area contributed by atoms with E-state index in [9.17, 15) is 62.6 Å². The van der Waals surface area contributed by atoms with E-state index in [0.717, 1.165) is 0 Å². The lowest BCUT2D eigenvalue weighted by Gasteiger charge is -2.30. The van der Waals surface area contributed by atoms with E-state index in [-0.39, 0.29) is 188 Å². The fourth-order valence-corrected chi connectivity index (χ4v) is 16.2. The summed E-state index contributed by atoms with van der Waals surface area (Å²) < 4.78 is 0. The highest BCUT2D eigenvalue weighted by molar-refractivity contribution is 6.01. The summed E-state index contributed by atoms with van der Waals surface area (Å²) in [6, 6.07) is -13.3. The molecule has 0 fully saturated rings. The van der Waals surface area contributed by atoms with Crippen molar-refractivity contribution in [2.75, 3.05) is 52.4 Å². The highest BCUT2D eigenvalue weighted by atomic mass is 16.3. The number of hydrogen-bond donors (Lipinski definition) is 26. The minimum Gasteiger partial charge on any atom is -0.508 e. The Balaban J connectivity index is 3.88. The fourth-order valence-electron chi connectivity index (χ4n) is 16.2. The minimum absolute atomic E-state index is 0.00422. The van der Waals surface area contributed by atoms with Crippen molar-refractivity contribution in [1.29, 1.82) is 0 Å². The molecule has 0 aliphatic carbocycles. The number of hydrogen-bond acceptors (Lipinski definition) is 26. The third-order valence-electron chi connectivity index (χ3n) is 23.9. The molecule has 0 radical (unpaired) electrons. The molecule has 0 saturated carbocycles. The molecule has 17 amide bonds. The fraction of sp³-hybridized carbons (Fsp3) is 0.772. The van der Waals surface area contributed by atoms with Gasteiger partial charge < -0.3 is 130 Å². The van der Waals surface area contributed by atoms with Crippen LogP contribution in [0.15, 0.2) is 24.3 Å². The monoisotopic (exact) mass is 2040 g/mol. The van der Waals surface area contributed by atoms with E-state index in [4.69, 9.17) is 46.0 Å². The summed E-state index contributed by atoms with van der Waals surface area (Å²) in [7, 11) is 0. The number of hydrazine groups is 1. The van der Waals surface area contributed by atoms with E-state index >= 15 is 24.0 Å². The molecule has 0 unspecified atom stereocenters. The lowest BCUT2D eigenvalue weighted by atomic mass is 9.98. The van der Waals surface area contributed by atoms with Gasteiger partial charge in [-0.2, -0.15) is 0 Å². The van der Waals surface area contributed by atoms with Crippen LogP contribution in [-0.2, 0) is 87.9 Å². The van der Waals surface area contributed by atoms with Gasteiger partial charge in [0.05, 0.1) is 12.6 Å². The average Bonchev–Trinajstić information content (AvgIpc) is 0.985. The van der Waals surface area contributed by atoms with Crippen molar-refractivity contribution in [2.45, 2.75) is 400 Å². The van der Waals surface area contributed by atoms with E-state index in [2.05, 4.69) is 90.5 Å². The van der Waals surface area contributed by atoms with Crippen LogP contribution in [0.25, 0.3) is 0 Å². The van der Waals surface area contributed by atoms with Crippen molar-refractivity contribution in [3.8, 4) is 5.75 Å². The number of rotatable bonds is 79. The second-order valence-corrected chi connectivity index (χ2v) is 41.5. The van der Waals surface area contributed by atoms with Crippen LogP contribution in [-0.4, -0.2) is 249 Å². The SMILES string of the molecule is CC(C)C[C@H](NC(=O)[C@H](CCCCN)NC(=O)[C@H](CC(C)C)NC(=O)[C@H](CC(C)C)NC(=O)[C@H](Cc1ccc(O)cc1)NC(=O)[C@H](CCCCN)NC(=O)[C@H](CC(C)C)NC(=O)[C@H](CC(C)C)NC(=O)[C@H](CCCCN)NC(=O)[C@H](CC(C)C)NC(=O)[C@H](CC(C)C)NC(=O)[C@H](CCCCN)NC(=O)[C@H](CCCCN)NC(=O)[C@@H](N)CC(C)C)C(=O)N[C@@H](CCCCN)C(=O)NCC(=O)NCCCCCC(=O)NN. The summed E-state index contributed by atoms with van der Waals surface area (Å²) in [5.41, 5.74) is 44.1. The molecule has 1 rings (SSSR count). The number of nitrogens with one attached hydrogen (secondary N) is 17. The van der Waals surface area contributed by atoms with Crippen molar-refractivity contribution in [2.24, 2.45) is 93.3 Å². The third-order valence-corrected chi connectivity index (χ3v) is 23.9. The van der Waals surface area contributed by atoms with Crippen LogP contribution < -0.4 is 136 Å². The van der Waals surface area contributed by atoms with Crippen LogP contribution in [0.3, 0.4) is 0 Å². The molecule has 144 heavy (non-hydrogen) atoms. The molecule has 0 heterocycles. The van der Waals surface area contributed by atoms with Gasteiger partial charge in [-0.05, 0) is 284 Å². The second kappa shape index (κ2) is 74.6. The topological polar surface area (TPSA) is 723 Å². The Labute approximate surface area is 855 Å². The van der Waals surface area contributed by atoms with Gasteiger partial charge in [-0.15, -0.1) is 0 Å². The Kier molecular flexibility index (Phi) is 68.2. The standard InChI is InChI=1S/C101H187N25O18/c1-60(2)50-70(108)87(130)112-72(33-20-26-44-103)89(132)114-73(34-21-27-45-104)90(133)119-81(55-65(11)12)98(141)121-78(52-62(5)6)95(138)116-75(36-23-29-47-106)92(135)120-82(56-66(13)14)99(142)122-79(53-63(7)8)97(140)117-76(37-24-30-48-107)93(136)125-84(58-68-39-41-69(127)42-40-68)101(144)124-83(57-67(15)16)100(143)123-80(54-64(9)10)96(139)115-74(35-22-28-46-105)91(134)118-77(51-61(3)4)94(137)113-71(32-19-25-43-102)88(131)111-59-86(129)110-49-31-17-18-38-85(128)126-109/h39-42,60-67,70-84,127H,17-38,43-59,102-109H2,1-16H3,(H,110,129)(H,111,131)(H,112,130)(H,113,137)(H,114,132)(H,115,139)(H,116,138)(H,117,140)(H,118,134)(H,119,133)(H,120,135)(H,121,141)(H,122,142)(H,123,143)(H,124,144)(H,125,136)(H,126,128)/t70-,71-,72-,73-,74-,75-,76-,77-,78-,79-,80-,81-,82-,83-,84-/m0/s1. The Morgan fingerprint density at radius 1 is 0.243 bits per heavy atom. The molecule has 0 aromatic heterocycles. The number of nitrogens with two attached hydrogens (primary N) is 8. The summed E-state index contributed by atoms with van der Waals surface area (Å²) in [5.74, 6) is -8.57. The van der Waals surface area contributed by atoms with Gasteiger partial charge in [0.15, 0.2) is 0 Å². The van der Waals surface area contributed by atoms with E-state index in [1.54, 1.807) is 27.7 Å². The van der Waals surface area contributed by atoms with Crippen LogP contribution in [0.1, 0.15) is 309 Å². The molecule has 1 aromatic rings. The molecule has 0 bridgehead atoms. The van der Waals surface area contributed by atoms with Gasteiger partial charge in [0.2, 0.25) is 100 Å². The van der Waals surface area contributed by atoms with E-state index in [0.29, 0.717) is 122 Å². The van der Waals surface area contributed by atoms with Crippen LogP contribution in [0.5, 0.6) is 5.75 Å². The Morgan fingerprint density at radius 2 is 0.458 bits per heavy atom. The van der Waals surface area contributed by atoms with Crippen molar-refractivity contribution in [3.63, 3.8) is 0 Å². The predicted molar refractivity (Wildman–Crippen MR) is 557 cm³/mol. The van der Waals surface area contributed by atoms with Gasteiger partial charge in [-0.3, -0.25) is 86.9 Å². The van der Waals surface area contributed by atoms with E-state index < -0.39 is 192 Å². The van der Waals surface area contributed by atoms with Crippen LogP contribution in [0, 0.1) is 47.3 Å². The number of amides is 17. The normalized spacial score (nSPS) is 14.7. The Hall–Kier alpha value is -10.3. The summed E-state index contributed by atoms with van der Waals surface area (Å²) in [6.07, 6.45) is 7.90. The molecule has 0 saturated heterocycles. The van der Waals surface area contributed by atoms with Gasteiger partial charge in [-0.1, -0.05) is 129 Å². The molecule has 43 nitrogen and oxygen atoms in total. The first kappa shape index (κ1) is 132. The molecule has 43 heteroatoms. The predicted octanol–water partition coefficient (Wildman–Crippen LogP) is 0.975. The number of benzene rings is 1. The Morgan fingerprint density at radius 3 is 0.694 bits per heavy atom. The zero-order valence-corrected chi connectivity index (χ0v) is 89.2. The van der Waals surface area contributed by atoms with Crippen LogP contribution in [0.4, 0.5) is 0 Å². The second-order valence-electron chi connectivity index (χ2n) is 41.5. The summed E-state index contributed by atoms with van der Waals surface area (Å²) in [5, 5.41) is 55.2. The maximum atomic E-state index is 15.2. The first-order valence-corrected chi connectivity index (χ1v) is 52.6. The first-order chi connectivity index (χ1) is 68.1. The van der Waals surface area contributed by atoms with E-state index in [1.807, 2.05) is 83.1 Å². The molecule has 15 atom stereocenters. The smallest absolute Gasteiger partial charge is 0.243 e. The van der Waals surface area contributed by atoms with Crippen molar-refractivity contribution in [1.82, 2.24) is 90.5 Å². The molecule has 824 valence electrons. The summed E-state index contributed by atoms with van der Waals surface area (Å²) in [6.45, 7) is 30.7. The zero-order chi connectivity index (χ0) is 109. The molecule has 0 aliphatic rings. The number of unbranched alkanes of at least 4 members (excludes halogenated alkanes) is 8. The molecule has 0 aliphatic heterocycles. The first-order valence-electron chi connectivity index (χ1n) is 52.6. The zero-order valence-electron chi connectivity index (χ0n) is 89.2. The molecular weight excluding hydrogens is 1850 g/mol. The summed E-state index contributed by atoms with van der Waals surface area (Å²) in [4.78, 5) is 244. The number of carbonyl (C=O) groups is 17. The van der Waals surface area contributed by atoms with Crippen molar-refractivity contribution in [3.05, 3.63) is 29.8 Å². The van der Waals surface area contributed by atoms with E-state index in [1.165, 1.54) is 24.3 Å². The van der Waals surface area contributed by atoms with Gasteiger partial charge in [0.1, 0.15) is 90.3 Å². The number of aromatic hydroxyl groups is 1. The van der Waals surface area contributed by atoms with Crippen molar-refractivity contribution < 1.29 is 86.6 Å². The van der Waals surface area contributed by atoms with Gasteiger partial charge in [0, 0.05) is 19.4 Å². The number of carbonyl (C=O) groups excluding carboxylic acids is 17. The largest absolute Gasteiger partial charge is 0.508 e. The van der Waals surface area contributed by atoms with Gasteiger partial charge >= 0.3 is 0 Å². The van der Waals surface area contributed by atoms with Crippen molar-refractivity contribution >= 4 is 100 Å². The van der Waals surface area contributed by atoms with Crippen LogP contribution >= 0.6 is 0 Å². The Bertz CT molecular complexity index is 4010. The van der Waals surface area contributed by atoms with Crippen LogP contribution in [0.2, 0.25) is 0 Å². The molecule has 34 N–H and O–H groups in total. The summed E-state index contributed by atoms with van der Waals surface area (Å²) >= 11 is 0. The van der Waals surface area contributed by atoms with Gasteiger partial charge in [-0.25, -0.2) is 5.84 Å². The third kappa shape index (κ3) is 57.6. The average molecular weight is 2040 g/mol. The number of phenolic OH excluding ortho intramolecular Hbond substituents is 1. The maximum absolute atomic E-state index is 15.2. The molecule has 1 aromatic carbocycles. The highest BCUT2D eigenvalue weighted by Gasteiger charge is 2.40. The minimum atomic E-state index is -1.51. The quantitative estimate of drug-likeness (QED) is 0.0187. The molecule has 0 spiro atoms. The maximum Gasteiger partial charge on any atom is 0.243 e. The lowest BCUT2D eigenvalue weighted by Crippen LogP contribution is -2.61. The van der Waals surface area contributed by atoms with Gasteiger partial charge in [0.25, 0.3) is 0 Å². The molecular formula is C101H187N25O18.